The van der Waals surface area contributed by atoms with Gasteiger partial charge in [0.15, 0.2) is 23.2 Å². The molecule has 1 aromatic carbocycles. The fourth-order valence-electron chi connectivity index (χ4n) is 2.89. The molecule has 1 atom stereocenters. The molecule has 1 fully saturated rings. The summed E-state index contributed by atoms with van der Waals surface area (Å²) in [5.41, 5.74) is 0.635. The SMILES string of the molecule is CC/C=C(\C)C(=O)N1CCOC(COc2c(F)cc(C(=O)CC)cc2F)C1. The monoisotopic (exact) mass is 381 g/mol. The molecule has 148 valence electrons. The van der Waals surface area contributed by atoms with Gasteiger partial charge in [0.25, 0.3) is 0 Å². The first kappa shape index (κ1) is 21.0. The lowest BCUT2D eigenvalue weighted by molar-refractivity contribution is -0.135. The van der Waals surface area contributed by atoms with E-state index in [9.17, 15) is 18.4 Å². The number of amides is 1. The van der Waals surface area contributed by atoms with E-state index in [4.69, 9.17) is 9.47 Å². The predicted octanol–water partition coefficient (Wildman–Crippen LogP) is 3.52. The Labute approximate surface area is 157 Å². The molecule has 1 aliphatic heterocycles. The molecule has 0 aromatic heterocycles. The second kappa shape index (κ2) is 9.60. The number of hydrogen-bond acceptors (Lipinski definition) is 4. The van der Waals surface area contributed by atoms with E-state index in [-0.39, 0.29) is 36.8 Å². The molecule has 0 spiro atoms. The van der Waals surface area contributed by atoms with Crippen LogP contribution in [0.3, 0.4) is 0 Å². The molecular weight excluding hydrogens is 356 g/mol. The van der Waals surface area contributed by atoms with Crippen LogP contribution in [-0.2, 0) is 9.53 Å². The van der Waals surface area contributed by atoms with Crippen LogP contribution in [0.15, 0.2) is 23.8 Å². The van der Waals surface area contributed by atoms with Gasteiger partial charge in [-0.3, -0.25) is 9.59 Å². The molecule has 1 unspecified atom stereocenters. The third kappa shape index (κ3) is 5.35. The lowest BCUT2D eigenvalue weighted by Crippen LogP contribution is -2.48. The van der Waals surface area contributed by atoms with E-state index in [1.54, 1.807) is 18.7 Å². The van der Waals surface area contributed by atoms with Gasteiger partial charge in [0.05, 0.1) is 13.2 Å². The highest BCUT2D eigenvalue weighted by Gasteiger charge is 2.26. The van der Waals surface area contributed by atoms with Gasteiger partial charge < -0.3 is 14.4 Å². The molecule has 5 nitrogen and oxygen atoms in total. The summed E-state index contributed by atoms with van der Waals surface area (Å²) in [6, 6.07) is 1.95. The summed E-state index contributed by atoms with van der Waals surface area (Å²) < 4.78 is 39.1. The molecule has 0 aliphatic carbocycles. The Morgan fingerprint density at radius 3 is 2.56 bits per heavy atom. The van der Waals surface area contributed by atoms with E-state index in [2.05, 4.69) is 0 Å². The minimum atomic E-state index is -0.933. The number of rotatable bonds is 7. The minimum Gasteiger partial charge on any atom is -0.485 e. The quantitative estimate of drug-likeness (QED) is 0.536. The van der Waals surface area contributed by atoms with Crippen LogP contribution in [0.25, 0.3) is 0 Å². The van der Waals surface area contributed by atoms with Gasteiger partial charge in [-0.15, -0.1) is 0 Å². The molecule has 0 bridgehead atoms. The van der Waals surface area contributed by atoms with Gasteiger partial charge in [-0.1, -0.05) is 19.9 Å². The van der Waals surface area contributed by atoms with Crippen LogP contribution in [0.4, 0.5) is 8.78 Å². The zero-order chi connectivity index (χ0) is 20.0. The van der Waals surface area contributed by atoms with Gasteiger partial charge in [-0.25, -0.2) is 8.78 Å². The Kier molecular flexibility index (Phi) is 7.47. The smallest absolute Gasteiger partial charge is 0.249 e. The minimum absolute atomic E-state index is 0.0243. The molecule has 0 radical (unpaired) electrons. The lowest BCUT2D eigenvalue weighted by atomic mass is 10.1. The number of halogens is 2. The Bertz CT molecular complexity index is 710. The summed E-state index contributed by atoms with van der Waals surface area (Å²) in [4.78, 5) is 25.6. The van der Waals surface area contributed by atoms with Crippen molar-refractivity contribution in [1.29, 1.82) is 0 Å². The van der Waals surface area contributed by atoms with Crippen LogP contribution in [0, 0.1) is 11.6 Å². The predicted molar refractivity (Wildman–Crippen MR) is 96.8 cm³/mol. The zero-order valence-electron chi connectivity index (χ0n) is 15.9. The number of nitrogens with zero attached hydrogens (tertiary/aromatic N) is 1. The molecule has 1 aromatic rings. The molecular formula is C20H25F2NO4. The summed E-state index contributed by atoms with van der Waals surface area (Å²) >= 11 is 0. The van der Waals surface area contributed by atoms with Crippen LogP contribution in [0.2, 0.25) is 0 Å². The fourth-order valence-corrected chi connectivity index (χ4v) is 2.89. The number of Topliss-reactive ketones (excluding diaryl/α,β-unsaturated/α-hetero) is 1. The van der Waals surface area contributed by atoms with Gasteiger partial charge in [-0.05, 0) is 25.5 Å². The molecule has 1 heterocycles. The maximum Gasteiger partial charge on any atom is 0.249 e. The first-order valence-corrected chi connectivity index (χ1v) is 9.10. The normalized spacial score (nSPS) is 17.7. The number of hydrogen-bond donors (Lipinski definition) is 0. The molecule has 0 N–H and O–H groups in total. The van der Waals surface area contributed by atoms with Crippen LogP contribution < -0.4 is 4.74 Å². The molecule has 0 saturated carbocycles. The van der Waals surface area contributed by atoms with Crippen molar-refractivity contribution in [2.24, 2.45) is 0 Å². The van der Waals surface area contributed by atoms with E-state index in [1.807, 2.05) is 13.0 Å². The highest BCUT2D eigenvalue weighted by Crippen LogP contribution is 2.24. The number of ketones is 1. The van der Waals surface area contributed by atoms with Gasteiger partial charge in [0.1, 0.15) is 12.7 Å². The van der Waals surface area contributed by atoms with E-state index in [0.29, 0.717) is 18.7 Å². The lowest BCUT2D eigenvalue weighted by Gasteiger charge is -2.33. The van der Waals surface area contributed by atoms with Crippen molar-refractivity contribution in [1.82, 2.24) is 4.90 Å². The number of carbonyl (C=O) groups is 2. The van der Waals surface area contributed by atoms with E-state index >= 15 is 0 Å². The first-order valence-electron chi connectivity index (χ1n) is 9.10. The van der Waals surface area contributed by atoms with Crippen molar-refractivity contribution in [3.63, 3.8) is 0 Å². The van der Waals surface area contributed by atoms with Crippen LogP contribution in [0.1, 0.15) is 44.0 Å². The second-order valence-corrected chi connectivity index (χ2v) is 6.40. The molecule has 1 saturated heterocycles. The Balaban J connectivity index is 2.01. The van der Waals surface area contributed by atoms with Crippen LogP contribution in [0.5, 0.6) is 5.75 Å². The Hall–Kier alpha value is -2.28. The van der Waals surface area contributed by atoms with Gasteiger partial charge in [-0.2, -0.15) is 0 Å². The second-order valence-electron chi connectivity index (χ2n) is 6.40. The molecule has 7 heteroatoms. The highest BCUT2D eigenvalue weighted by atomic mass is 19.1. The summed E-state index contributed by atoms with van der Waals surface area (Å²) in [5.74, 6) is -2.84. The maximum atomic E-state index is 14.1. The third-order valence-corrected chi connectivity index (χ3v) is 4.33. The highest BCUT2D eigenvalue weighted by molar-refractivity contribution is 5.96. The van der Waals surface area contributed by atoms with Gasteiger partial charge >= 0.3 is 0 Å². The number of benzene rings is 1. The summed E-state index contributed by atoms with van der Waals surface area (Å²) in [5, 5.41) is 0. The Morgan fingerprint density at radius 1 is 1.30 bits per heavy atom. The van der Waals surface area contributed by atoms with E-state index in [1.165, 1.54) is 0 Å². The Morgan fingerprint density at radius 2 is 1.96 bits per heavy atom. The zero-order valence-corrected chi connectivity index (χ0v) is 15.9. The average molecular weight is 381 g/mol. The topological polar surface area (TPSA) is 55.8 Å². The van der Waals surface area contributed by atoms with Crippen molar-refractivity contribution < 1.29 is 27.8 Å². The molecule has 27 heavy (non-hydrogen) atoms. The van der Waals surface area contributed by atoms with E-state index < -0.39 is 23.5 Å². The number of morpholine rings is 1. The molecule has 2 rings (SSSR count). The molecule has 1 aliphatic rings. The van der Waals surface area contributed by atoms with Gasteiger partial charge in [0.2, 0.25) is 5.91 Å². The standard InChI is InChI=1S/C20H25F2NO4/c1-4-6-13(3)20(25)23-7-8-26-15(11-23)12-27-19-16(21)9-14(10-17(19)22)18(24)5-2/h6,9-10,15H,4-5,7-8,11-12H2,1-3H3/b13-6+. The largest absolute Gasteiger partial charge is 0.485 e. The summed E-state index contributed by atoms with van der Waals surface area (Å²) in [6.45, 7) is 6.30. The van der Waals surface area contributed by atoms with Crippen molar-refractivity contribution in [3.05, 3.63) is 41.0 Å². The number of allylic oxidation sites excluding steroid dienone is 1. The van der Waals surface area contributed by atoms with E-state index in [0.717, 1.165) is 18.6 Å². The number of ether oxygens (including phenoxy) is 2. The van der Waals surface area contributed by atoms with Gasteiger partial charge in [0, 0.05) is 24.1 Å². The summed E-state index contributed by atoms with van der Waals surface area (Å²) in [6.07, 6.45) is 2.29. The third-order valence-electron chi connectivity index (χ3n) is 4.33. The summed E-state index contributed by atoms with van der Waals surface area (Å²) in [7, 11) is 0. The van der Waals surface area contributed by atoms with Crippen LogP contribution in [-0.4, -0.2) is 49.0 Å². The van der Waals surface area contributed by atoms with Crippen molar-refractivity contribution >= 4 is 11.7 Å². The first-order chi connectivity index (χ1) is 12.9. The van der Waals surface area contributed by atoms with Crippen molar-refractivity contribution in [3.8, 4) is 5.75 Å². The number of carbonyl (C=O) groups excluding carboxylic acids is 2. The van der Waals surface area contributed by atoms with Crippen molar-refractivity contribution in [2.75, 3.05) is 26.3 Å². The van der Waals surface area contributed by atoms with Crippen molar-refractivity contribution in [2.45, 2.75) is 39.7 Å². The average Bonchev–Trinajstić information content (AvgIpc) is 2.66. The maximum absolute atomic E-state index is 14.1. The molecule has 1 amide bonds. The van der Waals surface area contributed by atoms with Crippen LogP contribution >= 0.6 is 0 Å². The fraction of sp³-hybridized carbons (Fsp3) is 0.500.